The first kappa shape index (κ1) is 17.4. The quantitative estimate of drug-likeness (QED) is 0.870. The standard InChI is InChI=1S/C17H26N2O4/c1-16(2,3)23-15(20)19-12-9-14(22-5)13(21-4)8-11(12)17(10-18)6-7-17/h8-9H,6-7,10,18H2,1-5H3,(H,19,20). The summed E-state index contributed by atoms with van der Waals surface area (Å²) in [7, 11) is 3.15. The van der Waals surface area contributed by atoms with Crippen LogP contribution in [0.2, 0.25) is 0 Å². The largest absolute Gasteiger partial charge is 0.493 e. The van der Waals surface area contributed by atoms with Crippen LogP contribution in [-0.2, 0) is 10.2 Å². The second kappa shape index (κ2) is 6.28. The zero-order valence-corrected chi connectivity index (χ0v) is 14.5. The zero-order valence-electron chi connectivity index (χ0n) is 14.5. The lowest BCUT2D eigenvalue weighted by atomic mass is 9.93. The van der Waals surface area contributed by atoms with Crippen molar-refractivity contribution in [3.8, 4) is 11.5 Å². The molecule has 0 atom stereocenters. The first-order valence-corrected chi connectivity index (χ1v) is 7.71. The predicted octanol–water partition coefficient (Wildman–Crippen LogP) is 3.04. The number of nitrogens with one attached hydrogen (secondary N) is 1. The van der Waals surface area contributed by atoms with Crippen molar-refractivity contribution in [2.45, 2.75) is 44.6 Å². The van der Waals surface area contributed by atoms with Gasteiger partial charge in [0, 0.05) is 18.0 Å². The highest BCUT2D eigenvalue weighted by molar-refractivity contribution is 5.87. The smallest absolute Gasteiger partial charge is 0.412 e. The van der Waals surface area contributed by atoms with Crippen LogP contribution in [0.1, 0.15) is 39.2 Å². The monoisotopic (exact) mass is 322 g/mol. The third-order valence-electron chi connectivity index (χ3n) is 3.97. The van der Waals surface area contributed by atoms with Crippen LogP contribution >= 0.6 is 0 Å². The third-order valence-corrected chi connectivity index (χ3v) is 3.97. The average Bonchev–Trinajstić information content (AvgIpc) is 3.25. The van der Waals surface area contributed by atoms with Crippen molar-refractivity contribution >= 4 is 11.8 Å². The molecule has 0 unspecified atom stereocenters. The van der Waals surface area contributed by atoms with E-state index < -0.39 is 11.7 Å². The molecule has 1 aromatic carbocycles. The summed E-state index contributed by atoms with van der Waals surface area (Å²) < 4.78 is 16.0. The number of nitrogens with two attached hydrogens (primary N) is 1. The van der Waals surface area contributed by atoms with Crippen LogP contribution in [0.3, 0.4) is 0 Å². The van der Waals surface area contributed by atoms with Crippen LogP contribution in [0, 0.1) is 0 Å². The van der Waals surface area contributed by atoms with Crippen molar-refractivity contribution in [1.82, 2.24) is 0 Å². The van der Waals surface area contributed by atoms with Gasteiger partial charge in [-0.25, -0.2) is 4.79 Å². The third kappa shape index (κ3) is 3.88. The lowest BCUT2D eigenvalue weighted by Gasteiger charge is -2.23. The highest BCUT2D eigenvalue weighted by Gasteiger charge is 2.45. The molecule has 23 heavy (non-hydrogen) atoms. The van der Waals surface area contributed by atoms with Gasteiger partial charge in [-0.3, -0.25) is 5.32 Å². The van der Waals surface area contributed by atoms with Gasteiger partial charge < -0.3 is 19.9 Å². The molecule has 0 radical (unpaired) electrons. The fraction of sp³-hybridized carbons (Fsp3) is 0.588. The molecule has 0 saturated heterocycles. The molecule has 1 amide bonds. The van der Waals surface area contributed by atoms with E-state index >= 15 is 0 Å². The highest BCUT2D eigenvalue weighted by Crippen LogP contribution is 2.52. The zero-order chi connectivity index (χ0) is 17.3. The van der Waals surface area contributed by atoms with Crippen molar-refractivity contribution in [1.29, 1.82) is 0 Å². The molecule has 0 aliphatic heterocycles. The Kier molecular flexibility index (Phi) is 4.75. The number of methoxy groups -OCH3 is 2. The minimum atomic E-state index is -0.564. The average molecular weight is 322 g/mol. The number of carbonyl (C=O) groups is 1. The number of carbonyl (C=O) groups excluding carboxylic acids is 1. The lowest BCUT2D eigenvalue weighted by molar-refractivity contribution is 0.0635. The van der Waals surface area contributed by atoms with Gasteiger partial charge in [-0.15, -0.1) is 0 Å². The summed E-state index contributed by atoms with van der Waals surface area (Å²) in [5.74, 6) is 1.17. The van der Waals surface area contributed by atoms with E-state index in [1.54, 1.807) is 20.3 Å². The molecule has 1 aliphatic carbocycles. The maximum Gasteiger partial charge on any atom is 0.412 e. The number of amides is 1. The van der Waals surface area contributed by atoms with Gasteiger partial charge in [-0.1, -0.05) is 0 Å². The van der Waals surface area contributed by atoms with Crippen LogP contribution < -0.4 is 20.5 Å². The molecule has 128 valence electrons. The topological polar surface area (TPSA) is 82.8 Å². The van der Waals surface area contributed by atoms with Crippen LogP contribution in [-0.4, -0.2) is 32.5 Å². The Morgan fingerprint density at radius 1 is 1.22 bits per heavy atom. The molecule has 0 aromatic heterocycles. The van der Waals surface area contributed by atoms with Gasteiger partial charge in [0.25, 0.3) is 0 Å². The minimum absolute atomic E-state index is 0.107. The van der Waals surface area contributed by atoms with Gasteiger partial charge in [0.1, 0.15) is 5.60 Å². The van der Waals surface area contributed by atoms with Gasteiger partial charge in [0.05, 0.1) is 19.9 Å². The van der Waals surface area contributed by atoms with Gasteiger partial charge >= 0.3 is 6.09 Å². The van der Waals surface area contributed by atoms with Crippen molar-refractivity contribution in [3.05, 3.63) is 17.7 Å². The summed E-state index contributed by atoms with van der Waals surface area (Å²) in [4.78, 5) is 12.1. The molecule has 1 aliphatic rings. The fourth-order valence-electron chi connectivity index (χ4n) is 2.57. The maximum atomic E-state index is 12.1. The SMILES string of the molecule is COc1cc(NC(=O)OC(C)(C)C)c(C2(CN)CC2)cc1OC. The molecule has 1 aromatic rings. The molecule has 3 N–H and O–H groups in total. The molecule has 0 spiro atoms. The second-order valence-electron chi connectivity index (χ2n) is 6.86. The van der Waals surface area contributed by atoms with Gasteiger partial charge in [0.2, 0.25) is 0 Å². The maximum absolute atomic E-state index is 12.1. The molecule has 2 rings (SSSR count). The molecule has 6 heteroatoms. The first-order chi connectivity index (χ1) is 10.7. The van der Waals surface area contributed by atoms with E-state index in [-0.39, 0.29) is 5.41 Å². The molecule has 1 saturated carbocycles. The number of anilines is 1. The number of rotatable bonds is 5. The molecule has 0 bridgehead atoms. The van der Waals surface area contributed by atoms with Gasteiger partial charge in [-0.2, -0.15) is 0 Å². The Balaban J connectivity index is 2.38. The molecule has 6 nitrogen and oxygen atoms in total. The highest BCUT2D eigenvalue weighted by atomic mass is 16.6. The van der Waals surface area contributed by atoms with Crippen molar-refractivity contribution in [3.63, 3.8) is 0 Å². The van der Waals surface area contributed by atoms with Crippen LogP contribution in [0.4, 0.5) is 10.5 Å². The lowest BCUT2D eigenvalue weighted by Crippen LogP contribution is -2.28. The summed E-state index contributed by atoms with van der Waals surface area (Å²) in [6.45, 7) is 5.99. The Morgan fingerprint density at radius 2 is 1.78 bits per heavy atom. The first-order valence-electron chi connectivity index (χ1n) is 7.71. The van der Waals surface area contributed by atoms with Crippen molar-refractivity contribution < 1.29 is 19.0 Å². The number of ether oxygens (including phenoxy) is 3. The van der Waals surface area contributed by atoms with E-state index in [1.807, 2.05) is 26.8 Å². The Hall–Kier alpha value is -1.95. The summed E-state index contributed by atoms with van der Waals surface area (Å²) in [5.41, 5.74) is 6.89. The predicted molar refractivity (Wildman–Crippen MR) is 89.4 cm³/mol. The molecular weight excluding hydrogens is 296 g/mol. The molecular formula is C17H26N2O4. The minimum Gasteiger partial charge on any atom is -0.493 e. The van der Waals surface area contributed by atoms with Crippen molar-refractivity contribution in [2.24, 2.45) is 5.73 Å². The van der Waals surface area contributed by atoms with E-state index in [2.05, 4.69) is 5.32 Å². The summed E-state index contributed by atoms with van der Waals surface area (Å²) in [5, 5.41) is 2.82. The summed E-state index contributed by atoms with van der Waals surface area (Å²) in [6.07, 6.45) is 1.48. The second-order valence-corrected chi connectivity index (χ2v) is 6.86. The number of hydrogen-bond acceptors (Lipinski definition) is 5. The van der Waals surface area contributed by atoms with E-state index in [0.717, 1.165) is 18.4 Å². The van der Waals surface area contributed by atoms with E-state index in [1.165, 1.54) is 0 Å². The normalized spacial score (nSPS) is 15.7. The van der Waals surface area contributed by atoms with Gasteiger partial charge in [-0.05, 0) is 45.2 Å². The molecule has 0 heterocycles. The van der Waals surface area contributed by atoms with E-state index in [9.17, 15) is 4.79 Å². The summed E-state index contributed by atoms with van der Waals surface area (Å²) >= 11 is 0. The van der Waals surface area contributed by atoms with Gasteiger partial charge in [0.15, 0.2) is 11.5 Å². The van der Waals surface area contributed by atoms with E-state index in [4.69, 9.17) is 19.9 Å². The van der Waals surface area contributed by atoms with Crippen LogP contribution in [0.5, 0.6) is 11.5 Å². The Labute approximate surface area is 137 Å². The number of benzene rings is 1. The fourth-order valence-corrected chi connectivity index (χ4v) is 2.57. The molecule has 1 fully saturated rings. The van der Waals surface area contributed by atoms with E-state index in [0.29, 0.717) is 23.7 Å². The number of hydrogen-bond donors (Lipinski definition) is 2. The van der Waals surface area contributed by atoms with Crippen LogP contribution in [0.15, 0.2) is 12.1 Å². The Morgan fingerprint density at radius 3 is 2.22 bits per heavy atom. The van der Waals surface area contributed by atoms with Crippen LogP contribution in [0.25, 0.3) is 0 Å². The Bertz CT molecular complexity index is 589. The summed E-state index contributed by atoms with van der Waals surface area (Å²) in [6, 6.07) is 3.65. The van der Waals surface area contributed by atoms with Crippen molar-refractivity contribution in [2.75, 3.05) is 26.1 Å².